The number of nitrogens with two attached hydrogens (primary N) is 1. The van der Waals surface area contributed by atoms with Crippen molar-refractivity contribution in [3.8, 4) is 17.0 Å². The molecule has 2 unspecified atom stereocenters. The summed E-state index contributed by atoms with van der Waals surface area (Å²) < 4.78 is 65.5. The molecule has 2 aromatic heterocycles. The maximum absolute atomic E-state index is 13.9. The topological polar surface area (TPSA) is 120 Å². The Labute approximate surface area is 191 Å². The fraction of sp³-hybridized carbons (Fsp3) is 0.273. The fourth-order valence-corrected chi connectivity index (χ4v) is 3.37. The number of nitrogens with zero attached hydrogens (tertiary/aromatic N) is 2. The molecule has 180 valence electrons. The lowest BCUT2D eigenvalue weighted by Gasteiger charge is -2.22. The van der Waals surface area contributed by atoms with E-state index in [2.05, 4.69) is 25.7 Å². The van der Waals surface area contributed by atoms with Crippen molar-refractivity contribution in [1.29, 1.82) is 0 Å². The van der Waals surface area contributed by atoms with Crippen molar-refractivity contribution >= 4 is 12.3 Å². The molecule has 2 amide bonds. The molecule has 0 bridgehead atoms. The monoisotopic (exact) mass is 480 g/mol. The number of amides is 2. The van der Waals surface area contributed by atoms with Crippen LogP contribution in [0.15, 0.2) is 47.1 Å². The number of carbonyl (C=O) groups excluding carboxylic acids is 2. The first kappa shape index (κ1) is 24.7. The second-order valence-electron chi connectivity index (χ2n) is 7.35. The molecule has 0 saturated carbocycles. The summed E-state index contributed by atoms with van der Waals surface area (Å²) in [6.07, 6.45) is -3.22. The van der Waals surface area contributed by atoms with Crippen molar-refractivity contribution in [2.75, 3.05) is 13.2 Å². The van der Waals surface area contributed by atoms with Gasteiger partial charge in [-0.2, -0.15) is 13.2 Å². The van der Waals surface area contributed by atoms with E-state index in [1.54, 1.807) is 0 Å². The SMILES string of the molecule is CC1COc2c1cc(C(CNC(=O)c1ccno1)C(F)(F)F)nc2-c1ccc(F)cc1.NC=O. The van der Waals surface area contributed by atoms with Gasteiger partial charge in [0, 0.05) is 29.7 Å². The summed E-state index contributed by atoms with van der Waals surface area (Å²) in [5, 5.41) is 5.59. The Hall–Kier alpha value is -3.96. The molecular weight excluding hydrogens is 460 g/mol. The quantitative estimate of drug-likeness (QED) is 0.426. The van der Waals surface area contributed by atoms with Gasteiger partial charge in [-0.15, -0.1) is 0 Å². The molecule has 0 spiro atoms. The van der Waals surface area contributed by atoms with E-state index in [0.29, 0.717) is 23.5 Å². The van der Waals surface area contributed by atoms with Crippen LogP contribution in [0.5, 0.6) is 5.75 Å². The molecule has 4 rings (SSSR count). The number of nitrogens with one attached hydrogen (secondary N) is 1. The molecular formula is C22H20F4N4O4. The zero-order valence-electron chi connectivity index (χ0n) is 17.8. The largest absolute Gasteiger partial charge is 0.490 e. The number of halogens is 4. The Bertz CT molecular complexity index is 1140. The number of benzene rings is 1. The van der Waals surface area contributed by atoms with Gasteiger partial charge in [0.15, 0.2) is 0 Å². The number of primary amides is 1. The normalized spacial score (nSPS) is 15.4. The van der Waals surface area contributed by atoms with Gasteiger partial charge < -0.3 is 20.3 Å². The highest BCUT2D eigenvalue weighted by Gasteiger charge is 2.43. The molecule has 0 aliphatic carbocycles. The Morgan fingerprint density at radius 1 is 1.29 bits per heavy atom. The molecule has 2 atom stereocenters. The highest BCUT2D eigenvalue weighted by atomic mass is 19.4. The summed E-state index contributed by atoms with van der Waals surface area (Å²) >= 11 is 0. The van der Waals surface area contributed by atoms with Gasteiger partial charge in [-0.05, 0) is 30.3 Å². The number of aromatic nitrogens is 2. The molecule has 0 radical (unpaired) electrons. The van der Waals surface area contributed by atoms with E-state index in [0.717, 1.165) is 0 Å². The predicted octanol–water partition coefficient (Wildman–Crippen LogP) is 3.55. The van der Waals surface area contributed by atoms with Crippen molar-refractivity contribution in [3.05, 3.63) is 65.4 Å². The highest BCUT2D eigenvalue weighted by Crippen LogP contribution is 2.44. The predicted molar refractivity (Wildman–Crippen MR) is 111 cm³/mol. The maximum Gasteiger partial charge on any atom is 0.398 e. The van der Waals surface area contributed by atoms with Gasteiger partial charge >= 0.3 is 6.18 Å². The second-order valence-corrected chi connectivity index (χ2v) is 7.35. The van der Waals surface area contributed by atoms with Gasteiger partial charge in [0.2, 0.25) is 12.2 Å². The summed E-state index contributed by atoms with van der Waals surface area (Å²) in [6, 6.07) is 7.88. The number of pyridine rings is 1. The van der Waals surface area contributed by atoms with Crippen molar-refractivity contribution in [1.82, 2.24) is 15.5 Å². The number of hydrogen-bond donors (Lipinski definition) is 2. The molecule has 0 saturated heterocycles. The smallest absolute Gasteiger partial charge is 0.398 e. The average molecular weight is 480 g/mol. The number of carbonyl (C=O) groups is 2. The average Bonchev–Trinajstić information content (AvgIpc) is 3.44. The van der Waals surface area contributed by atoms with Crippen molar-refractivity contribution in [2.24, 2.45) is 5.73 Å². The zero-order valence-corrected chi connectivity index (χ0v) is 17.8. The third-order valence-electron chi connectivity index (χ3n) is 5.03. The van der Waals surface area contributed by atoms with E-state index in [-0.39, 0.29) is 29.5 Å². The van der Waals surface area contributed by atoms with E-state index in [1.807, 2.05) is 6.92 Å². The van der Waals surface area contributed by atoms with Gasteiger partial charge in [0.05, 0.1) is 18.5 Å². The Kier molecular flexibility index (Phi) is 7.49. The number of fused-ring (bicyclic) bond motifs is 1. The third kappa shape index (κ3) is 5.50. The minimum Gasteiger partial charge on any atom is -0.490 e. The zero-order chi connectivity index (χ0) is 24.9. The Morgan fingerprint density at radius 3 is 2.56 bits per heavy atom. The minimum atomic E-state index is -4.68. The van der Waals surface area contributed by atoms with E-state index >= 15 is 0 Å². The standard InChI is InChI=1S/C21H17F4N3O3.CH3NO/c1-11-10-30-19-14(11)8-16(28-18(19)12-2-4-13(22)5-3-12)15(21(23,24)25)9-26-20(29)17-6-7-27-31-17;2-1-3/h2-8,11,15H,9-10H2,1H3,(H,26,29);1H,(H2,2,3). The van der Waals surface area contributed by atoms with Crippen molar-refractivity contribution in [3.63, 3.8) is 0 Å². The van der Waals surface area contributed by atoms with Gasteiger partial charge in [0.25, 0.3) is 5.91 Å². The van der Waals surface area contributed by atoms with Crippen LogP contribution < -0.4 is 15.8 Å². The summed E-state index contributed by atoms with van der Waals surface area (Å²) in [5.41, 5.74) is 5.12. The van der Waals surface area contributed by atoms with Crippen LogP contribution in [0.2, 0.25) is 0 Å². The molecule has 34 heavy (non-hydrogen) atoms. The van der Waals surface area contributed by atoms with Gasteiger partial charge in [0.1, 0.15) is 23.2 Å². The van der Waals surface area contributed by atoms with Crippen LogP contribution in [0.25, 0.3) is 11.3 Å². The summed E-state index contributed by atoms with van der Waals surface area (Å²) in [6.45, 7) is 1.39. The summed E-state index contributed by atoms with van der Waals surface area (Å²) in [4.78, 5) is 24.9. The van der Waals surface area contributed by atoms with Crippen molar-refractivity contribution < 1.29 is 36.4 Å². The molecule has 3 N–H and O–H groups in total. The van der Waals surface area contributed by atoms with Crippen LogP contribution in [0.1, 0.15) is 40.6 Å². The highest BCUT2D eigenvalue weighted by molar-refractivity contribution is 5.91. The van der Waals surface area contributed by atoms with Crippen LogP contribution >= 0.6 is 0 Å². The molecule has 3 aromatic rings. The lowest BCUT2D eigenvalue weighted by Crippen LogP contribution is -2.35. The molecule has 3 heterocycles. The molecule has 1 aliphatic rings. The number of hydrogen-bond acceptors (Lipinski definition) is 6. The van der Waals surface area contributed by atoms with Crippen LogP contribution in [0.3, 0.4) is 0 Å². The number of alkyl halides is 3. The lowest BCUT2D eigenvalue weighted by molar-refractivity contribution is -0.149. The first-order chi connectivity index (χ1) is 16.2. The lowest BCUT2D eigenvalue weighted by atomic mass is 9.95. The van der Waals surface area contributed by atoms with Crippen LogP contribution in [-0.4, -0.2) is 41.8 Å². The summed E-state index contributed by atoms with van der Waals surface area (Å²) in [7, 11) is 0. The number of ether oxygens (including phenoxy) is 1. The molecule has 1 aliphatic heterocycles. The third-order valence-corrected chi connectivity index (χ3v) is 5.03. The van der Waals surface area contributed by atoms with E-state index in [9.17, 15) is 22.4 Å². The molecule has 12 heteroatoms. The van der Waals surface area contributed by atoms with Gasteiger partial charge in [-0.1, -0.05) is 12.1 Å². The van der Waals surface area contributed by atoms with E-state index < -0.39 is 30.4 Å². The van der Waals surface area contributed by atoms with Gasteiger partial charge in [-0.25, -0.2) is 9.37 Å². The Morgan fingerprint density at radius 2 is 1.97 bits per heavy atom. The van der Waals surface area contributed by atoms with E-state index in [4.69, 9.17) is 9.53 Å². The maximum atomic E-state index is 13.9. The van der Waals surface area contributed by atoms with Crippen LogP contribution in [0, 0.1) is 5.82 Å². The van der Waals surface area contributed by atoms with Crippen LogP contribution in [-0.2, 0) is 4.79 Å². The van der Waals surface area contributed by atoms with Crippen LogP contribution in [0.4, 0.5) is 17.6 Å². The molecule has 1 aromatic carbocycles. The van der Waals surface area contributed by atoms with Crippen molar-refractivity contribution in [2.45, 2.75) is 24.9 Å². The Balaban J connectivity index is 0.00000103. The summed E-state index contributed by atoms with van der Waals surface area (Å²) in [5.74, 6) is -3.32. The second kappa shape index (κ2) is 10.3. The molecule has 8 nitrogen and oxygen atoms in total. The minimum absolute atomic E-state index is 0.145. The van der Waals surface area contributed by atoms with Gasteiger partial charge in [-0.3, -0.25) is 9.59 Å². The molecule has 0 fully saturated rings. The first-order valence-electron chi connectivity index (χ1n) is 10.00. The number of rotatable bonds is 5. The first-order valence-corrected chi connectivity index (χ1v) is 10.00. The van der Waals surface area contributed by atoms with E-state index in [1.165, 1.54) is 42.6 Å². The fourth-order valence-electron chi connectivity index (χ4n) is 3.37.